The summed E-state index contributed by atoms with van der Waals surface area (Å²) >= 11 is 0. The van der Waals surface area contributed by atoms with E-state index in [0.717, 1.165) is 22.0 Å². The largest absolute Gasteiger partial charge is 0.480 e. The number of aromatic amines is 1. The van der Waals surface area contributed by atoms with Gasteiger partial charge in [0.1, 0.15) is 6.04 Å². The molecule has 3 aromatic rings. The molecule has 0 aliphatic rings. The Labute approximate surface area is 145 Å². The van der Waals surface area contributed by atoms with Crippen LogP contribution in [0.15, 0.2) is 60.8 Å². The van der Waals surface area contributed by atoms with Gasteiger partial charge in [0.25, 0.3) is 0 Å². The number of aliphatic carboxylic acids is 1. The molecule has 0 fully saturated rings. The third-order valence-electron chi connectivity index (χ3n) is 4.22. The Bertz CT molecular complexity index is 871. The fourth-order valence-electron chi connectivity index (χ4n) is 2.89. The first kappa shape index (κ1) is 16.8. The third kappa shape index (κ3) is 4.26. The number of hydrogen-bond acceptors (Lipinski definition) is 2. The molecule has 2 aromatic carbocycles. The van der Waals surface area contributed by atoms with Crippen molar-refractivity contribution in [3.8, 4) is 0 Å². The number of nitrogens with one attached hydrogen (secondary N) is 2. The van der Waals surface area contributed by atoms with Crippen molar-refractivity contribution in [3.63, 3.8) is 0 Å². The molecule has 0 spiro atoms. The molecular formula is C20H20N2O3. The van der Waals surface area contributed by atoms with Gasteiger partial charge in [0.2, 0.25) is 5.91 Å². The molecule has 5 nitrogen and oxygen atoms in total. The van der Waals surface area contributed by atoms with Crippen LogP contribution in [-0.4, -0.2) is 28.0 Å². The Morgan fingerprint density at radius 1 is 1.04 bits per heavy atom. The number of amides is 1. The quantitative estimate of drug-likeness (QED) is 0.620. The van der Waals surface area contributed by atoms with Crippen LogP contribution in [0.25, 0.3) is 10.9 Å². The molecule has 0 saturated carbocycles. The second-order valence-electron chi connectivity index (χ2n) is 6.01. The summed E-state index contributed by atoms with van der Waals surface area (Å²) in [5.74, 6) is -1.28. The van der Waals surface area contributed by atoms with Crippen molar-refractivity contribution in [2.24, 2.45) is 0 Å². The van der Waals surface area contributed by atoms with Crippen LogP contribution in [0, 0.1) is 0 Å². The lowest BCUT2D eigenvalue weighted by molar-refractivity contribution is -0.141. The summed E-state index contributed by atoms with van der Waals surface area (Å²) < 4.78 is 0. The van der Waals surface area contributed by atoms with E-state index in [1.165, 1.54) is 0 Å². The van der Waals surface area contributed by atoms with E-state index in [0.29, 0.717) is 6.42 Å². The molecule has 0 unspecified atom stereocenters. The van der Waals surface area contributed by atoms with E-state index in [1.54, 1.807) is 6.20 Å². The van der Waals surface area contributed by atoms with E-state index >= 15 is 0 Å². The van der Waals surface area contributed by atoms with Crippen LogP contribution in [0.1, 0.15) is 17.5 Å². The van der Waals surface area contributed by atoms with Gasteiger partial charge in [-0.2, -0.15) is 0 Å². The molecule has 25 heavy (non-hydrogen) atoms. The number of hydrogen-bond donors (Lipinski definition) is 3. The van der Waals surface area contributed by atoms with Crippen molar-refractivity contribution in [3.05, 3.63) is 71.9 Å². The maximum Gasteiger partial charge on any atom is 0.326 e. The summed E-state index contributed by atoms with van der Waals surface area (Å²) in [5, 5.41) is 13.1. The topological polar surface area (TPSA) is 82.2 Å². The lowest BCUT2D eigenvalue weighted by atomic mass is 10.0. The van der Waals surface area contributed by atoms with Gasteiger partial charge in [0.05, 0.1) is 0 Å². The van der Waals surface area contributed by atoms with Gasteiger partial charge in [-0.05, 0) is 23.6 Å². The van der Waals surface area contributed by atoms with E-state index in [1.807, 2.05) is 54.6 Å². The minimum absolute atomic E-state index is 0.246. The fraction of sp³-hybridized carbons (Fsp3) is 0.200. The van der Waals surface area contributed by atoms with Crippen molar-refractivity contribution < 1.29 is 14.7 Å². The second kappa shape index (κ2) is 7.66. The van der Waals surface area contributed by atoms with Gasteiger partial charge in [-0.15, -0.1) is 0 Å². The van der Waals surface area contributed by atoms with Gasteiger partial charge in [-0.1, -0.05) is 48.5 Å². The number of carboxylic acid groups (broad SMARTS) is 1. The lowest BCUT2D eigenvalue weighted by Crippen LogP contribution is -2.42. The zero-order valence-electron chi connectivity index (χ0n) is 13.7. The van der Waals surface area contributed by atoms with Crippen molar-refractivity contribution in [1.29, 1.82) is 0 Å². The highest BCUT2D eigenvalue weighted by Gasteiger charge is 2.21. The lowest BCUT2D eigenvalue weighted by Gasteiger charge is -2.14. The summed E-state index contributed by atoms with van der Waals surface area (Å²) in [6.07, 6.45) is 2.90. The minimum Gasteiger partial charge on any atom is -0.480 e. The number of aromatic nitrogens is 1. The molecule has 1 heterocycles. The molecule has 3 rings (SSSR count). The molecule has 1 aromatic heterocycles. The van der Waals surface area contributed by atoms with Gasteiger partial charge < -0.3 is 15.4 Å². The predicted molar refractivity (Wildman–Crippen MR) is 96.3 cm³/mol. The van der Waals surface area contributed by atoms with E-state index < -0.39 is 12.0 Å². The fourth-order valence-corrected chi connectivity index (χ4v) is 2.89. The molecule has 5 heteroatoms. The average molecular weight is 336 g/mol. The maximum atomic E-state index is 12.1. The highest BCUT2D eigenvalue weighted by molar-refractivity contribution is 5.86. The van der Waals surface area contributed by atoms with E-state index in [9.17, 15) is 14.7 Å². The SMILES string of the molecule is O=C(CCc1ccccc1)N[C@H](Cc1c[nH]c2ccccc12)C(=O)O. The summed E-state index contributed by atoms with van der Waals surface area (Å²) in [4.78, 5) is 26.8. The van der Waals surface area contributed by atoms with Gasteiger partial charge in [-0.3, -0.25) is 4.79 Å². The van der Waals surface area contributed by atoms with Crippen molar-refractivity contribution in [1.82, 2.24) is 10.3 Å². The van der Waals surface area contributed by atoms with E-state index in [2.05, 4.69) is 10.3 Å². The molecule has 0 saturated heterocycles. The Hall–Kier alpha value is -3.08. The Morgan fingerprint density at radius 3 is 2.52 bits per heavy atom. The number of benzene rings is 2. The Balaban J connectivity index is 1.63. The van der Waals surface area contributed by atoms with Crippen molar-refractivity contribution in [2.75, 3.05) is 0 Å². The van der Waals surface area contributed by atoms with Crippen LogP contribution in [0.4, 0.5) is 0 Å². The number of rotatable bonds is 7. The second-order valence-corrected chi connectivity index (χ2v) is 6.01. The van der Waals surface area contributed by atoms with E-state index in [4.69, 9.17) is 0 Å². The van der Waals surface area contributed by atoms with Crippen LogP contribution in [0.3, 0.4) is 0 Å². The first-order valence-corrected chi connectivity index (χ1v) is 8.24. The molecule has 0 radical (unpaired) electrons. The molecular weight excluding hydrogens is 316 g/mol. The van der Waals surface area contributed by atoms with Gasteiger partial charge in [-0.25, -0.2) is 4.79 Å². The van der Waals surface area contributed by atoms with Gasteiger partial charge in [0, 0.05) is 29.9 Å². The molecule has 0 bridgehead atoms. The Kier molecular flexibility index (Phi) is 5.14. The number of aryl methyl sites for hydroxylation is 1. The van der Waals surface area contributed by atoms with E-state index in [-0.39, 0.29) is 18.7 Å². The van der Waals surface area contributed by atoms with Crippen LogP contribution >= 0.6 is 0 Å². The highest BCUT2D eigenvalue weighted by atomic mass is 16.4. The van der Waals surface area contributed by atoms with Crippen LogP contribution in [0.2, 0.25) is 0 Å². The van der Waals surface area contributed by atoms with Gasteiger partial charge in [0.15, 0.2) is 0 Å². The highest BCUT2D eigenvalue weighted by Crippen LogP contribution is 2.19. The molecule has 128 valence electrons. The van der Waals surface area contributed by atoms with Crippen molar-refractivity contribution >= 4 is 22.8 Å². The number of para-hydroxylation sites is 1. The zero-order valence-corrected chi connectivity index (χ0v) is 13.7. The van der Waals surface area contributed by atoms with Crippen LogP contribution < -0.4 is 5.32 Å². The molecule has 1 atom stereocenters. The molecule has 0 aliphatic heterocycles. The first-order chi connectivity index (χ1) is 12.1. The monoisotopic (exact) mass is 336 g/mol. The summed E-state index contributed by atoms with van der Waals surface area (Å²) in [5.41, 5.74) is 2.89. The maximum absolute atomic E-state index is 12.1. The first-order valence-electron chi connectivity index (χ1n) is 8.24. The number of H-pyrrole nitrogens is 1. The summed E-state index contributed by atoms with van der Waals surface area (Å²) in [6, 6.07) is 16.4. The molecule has 1 amide bonds. The summed E-state index contributed by atoms with van der Waals surface area (Å²) in [6.45, 7) is 0. The normalized spacial score (nSPS) is 12.0. The van der Waals surface area contributed by atoms with Crippen molar-refractivity contribution in [2.45, 2.75) is 25.3 Å². The van der Waals surface area contributed by atoms with Crippen LogP contribution in [-0.2, 0) is 22.4 Å². The smallest absolute Gasteiger partial charge is 0.326 e. The van der Waals surface area contributed by atoms with Crippen LogP contribution in [0.5, 0.6) is 0 Å². The Morgan fingerprint density at radius 2 is 1.76 bits per heavy atom. The number of carboxylic acids is 1. The minimum atomic E-state index is -1.03. The molecule has 0 aliphatic carbocycles. The third-order valence-corrected chi connectivity index (χ3v) is 4.22. The number of carbonyl (C=O) groups is 2. The number of carbonyl (C=O) groups excluding carboxylic acids is 1. The molecule has 3 N–H and O–H groups in total. The summed E-state index contributed by atoms with van der Waals surface area (Å²) in [7, 11) is 0. The predicted octanol–water partition coefficient (Wildman–Crippen LogP) is 2.91. The standard InChI is InChI=1S/C20H20N2O3/c23-19(11-10-14-6-2-1-3-7-14)22-18(20(24)25)12-15-13-21-17-9-5-4-8-16(15)17/h1-9,13,18,21H,10-12H2,(H,22,23)(H,24,25)/t18-/m1/s1. The van der Waals surface area contributed by atoms with Gasteiger partial charge >= 0.3 is 5.97 Å². The average Bonchev–Trinajstić information content (AvgIpc) is 3.03. The zero-order chi connectivity index (χ0) is 17.6. The number of fused-ring (bicyclic) bond motifs is 1.